The van der Waals surface area contributed by atoms with Crippen LogP contribution in [0.2, 0.25) is 0 Å². The quantitative estimate of drug-likeness (QED) is 0.732. The van der Waals surface area contributed by atoms with Gasteiger partial charge in [0.15, 0.2) is 11.5 Å². The Hall–Kier alpha value is -1.75. The van der Waals surface area contributed by atoms with Crippen molar-refractivity contribution in [2.24, 2.45) is 17.3 Å². The Balaban J connectivity index is 1.78. The Morgan fingerprint density at radius 1 is 1.21 bits per heavy atom. The molecule has 0 aliphatic heterocycles. The zero-order chi connectivity index (χ0) is 20.1. The van der Waals surface area contributed by atoms with Crippen molar-refractivity contribution in [3.63, 3.8) is 0 Å². The second kappa shape index (κ2) is 7.25. The predicted octanol–water partition coefficient (Wildman–Crippen LogP) is 4.03. The number of rotatable bonds is 3. The van der Waals surface area contributed by atoms with E-state index in [2.05, 4.69) is 12.2 Å². The number of hydrogen-bond acceptors (Lipinski definition) is 4. The number of aliphatic hydroxyl groups is 1. The van der Waals surface area contributed by atoms with Crippen molar-refractivity contribution < 1.29 is 19.7 Å². The van der Waals surface area contributed by atoms with Crippen molar-refractivity contribution in [2.45, 2.75) is 77.4 Å². The molecule has 28 heavy (non-hydrogen) atoms. The van der Waals surface area contributed by atoms with Gasteiger partial charge in [-0.25, -0.2) is 0 Å². The third-order valence-electron chi connectivity index (χ3n) is 7.79. The topological polar surface area (TPSA) is 78.8 Å². The molecule has 3 N–H and O–H groups in total. The van der Waals surface area contributed by atoms with Crippen molar-refractivity contribution in [3.8, 4) is 11.5 Å². The van der Waals surface area contributed by atoms with E-state index in [4.69, 9.17) is 4.74 Å². The molecule has 0 aromatic heterocycles. The smallest absolute Gasteiger partial charge is 0.217 e. The third kappa shape index (κ3) is 3.08. The predicted molar refractivity (Wildman–Crippen MR) is 107 cm³/mol. The SMILES string of the molecule is CCOc1cc2c(cc1O)[C@@H](NC(C)=O)CC[C@H]1C3CC[C@H](O)[C@@]3(C)CC[C@H]21. The molecule has 0 saturated heterocycles. The maximum Gasteiger partial charge on any atom is 0.217 e. The minimum atomic E-state index is -0.203. The highest BCUT2D eigenvalue weighted by Crippen LogP contribution is 2.61. The Morgan fingerprint density at radius 2 is 2.00 bits per heavy atom. The summed E-state index contributed by atoms with van der Waals surface area (Å²) in [7, 11) is 0. The zero-order valence-corrected chi connectivity index (χ0v) is 17.2. The van der Waals surface area contributed by atoms with Gasteiger partial charge in [0.2, 0.25) is 5.91 Å². The first-order valence-electron chi connectivity index (χ1n) is 10.8. The van der Waals surface area contributed by atoms with Crippen LogP contribution in [0, 0.1) is 17.3 Å². The van der Waals surface area contributed by atoms with E-state index >= 15 is 0 Å². The first-order valence-corrected chi connectivity index (χ1v) is 10.8. The molecular formula is C23H33NO4. The lowest BCUT2D eigenvalue weighted by molar-refractivity contribution is -0.119. The summed E-state index contributed by atoms with van der Waals surface area (Å²) in [5.74, 6) is 2.02. The van der Waals surface area contributed by atoms with Crippen LogP contribution in [0.1, 0.15) is 82.4 Å². The molecule has 5 nitrogen and oxygen atoms in total. The van der Waals surface area contributed by atoms with E-state index < -0.39 is 0 Å². The maximum absolute atomic E-state index is 11.8. The number of phenols is 1. The van der Waals surface area contributed by atoms with Crippen molar-refractivity contribution in [1.29, 1.82) is 0 Å². The van der Waals surface area contributed by atoms with E-state index in [1.165, 1.54) is 5.56 Å². The minimum absolute atomic E-state index is 0.00877. The molecule has 4 rings (SSSR count). The van der Waals surface area contributed by atoms with Crippen LogP contribution in [0.15, 0.2) is 12.1 Å². The lowest BCUT2D eigenvalue weighted by Gasteiger charge is -2.47. The zero-order valence-electron chi connectivity index (χ0n) is 17.2. The molecule has 0 spiro atoms. The summed E-state index contributed by atoms with van der Waals surface area (Å²) in [6.45, 7) is 6.24. The van der Waals surface area contributed by atoms with Gasteiger partial charge in [0.1, 0.15) is 0 Å². The number of ether oxygens (including phenoxy) is 1. The summed E-state index contributed by atoms with van der Waals surface area (Å²) in [5, 5.41) is 24.2. The third-order valence-corrected chi connectivity index (χ3v) is 7.79. The molecule has 6 atom stereocenters. The Kier molecular flexibility index (Phi) is 5.07. The van der Waals surface area contributed by atoms with Gasteiger partial charge in [-0.15, -0.1) is 0 Å². The highest BCUT2D eigenvalue weighted by molar-refractivity contribution is 5.73. The molecule has 1 unspecified atom stereocenters. The highest BCUT2D eigenvalue weighted by Gasteiger charge is 2.54. The monoisotopic (exact) mass is 387 g/mol. The Bertz CT molecular complexity index is 763. The second-order valence-corrected chi connectivity index (χ2v) is 9.23. The van der Waals surface area contributed by atoms with Gasteiger partial charge in [0, 0.05) is 6.92 Å². The number of carbonyl (C=O) groups is 1. The fourth-order valence-corrected chi connectivity index (χ4v) is 6.45. The van der Waals surface area contributed by atoms with Gasteiger partial charge >= 0.3 is 0 Å². The van der Waals surface area contributed by atoms with E-state index in [9.17, 15) is 15.0 Å². The molecule has 3 aliphatic rings. The molecular weight excluding hydrogens is 354 g/mol. The van der Waals surface area contributed by atoms with Gasteiger partial charge < -0.3 is 20.3 Å². The number of carbonyl (C=O) groups excluding carboxylic acids is 1. The van der Waals surface area contributed by atoms with Gasteiger partial charge in [-0.05, 0) is 91.9 Å². The Labute approximate surface area is 167 Å². The molecule has 0 radical (unpaired) electrons. The molecule has 154 valence electrons. The lowest BCUT2D eigenvalue weighted by Crippen LogP contribution is -2.42. The summed E-state index contributed by atoms with van der Waals surface area (Å²) < 4.78 is 5.69. The Morgan fingerprint density at radius 3 is 2.71 bits per heavy atom. The summed E-state index contributed by atoms with van der Waals surface area (Å²) >= 11 is 0. The van der Waals surface area contributed by atoms with Crippen LogP contribution in [0.25, 0.3) is 0 Å². The van der Waals surface area contributed by atoms with Gasteiger partial charge in [-0.2, -0.15) is 0 Å². The molecule has 3 aliphatic carbocycles. The van der Waals surface area contributed by atoms with Crippen LogP contribution in [0.4, 0.5) is 0 Å². The number of aromatic hydroxyl groups is 1. The number of nitrogens with one attached hydrogen (secondary N) is 1. The average Bonchev–Trinajstić information content (AvgIpc) is 2.87. The average molecular weight is 388 g/mol. The first kappa shape index (κ1) is 19.6. The molecule has 5 heteroatoms. The number of amides is 1. The van der Waals surface area contributed by atoms with E-state index in [0.717, 1.165) is 44.1 Å². The fraction of sp³-hybridized carbons (Fsp3) is 0.696. The van der Waals surface area contributed by atoms with Crippen molar-refractivity contribution in [2.75, 3.05) is 6.61 Å². The van der Waals surface area contributed by atoms with Gasteiger partial charge in [0.05, 0.1) is 18.8 Å². The van der Waals surface area contributed by atoms with Crippen LogP contribution >= 0.6 is 0 Å². The van der Waals surface area contributed by atoms with E-state index in [0.29, 0.717) is 30.1 Å². The van der Waals surface area contributed by atoms with Gasteiger partial charge in [-0.3, -0.25) is 4.79 Å². The number of aliphatic hydroxyl groups excluding tert-OH is 1. The van der Waals surface area contributed by atoms with Gasteiger partial charge in [0.25, 0.3) is 0 Å². The summed E-state index contributed by atoms with van der Waals surface area (Å²) in [4.78, 5) is 11.8. The molecule has 1 aromatic rings. The molecule has 2 saturated carbocycles. The number of hydrogen-bond donors (Lipinski definition) is 3. The standard InChI is InChI=1S/C23H33NO4/c1-4-28-21-12-16-14-9-10-23(3)18(6-8-22(23)27)15(14)5-7-19(24-13(2)25)17(16)11-20(21)26/h11-12,14-15,18-19,22,26-27H,4-10H2,1-3H3,(H,24,25)/t14-,15+,18?,19-,22-,23-/m0/s1. The molecule has 0 heterocycles. The van der Waals surface area contributed by atoms with Crippen LogP contribution in [-0.4, -0.2) is 28.8 Å². The van der Waals surface area contributed by atoms with E-state index in [1.54, 1.807) is 13.0 Å². The van der Waals surface area contributed by atoms with Crippen molar-refractivity contribution >= 4 is 5.91 Å². The summed E-state index contributed by atoms with van der Waals surface area (Å²) in [6.07, 6.45) is 5.72. The highest BCUT2D eigenvalue weighted by atomic mass is 16.5. The van der Waals surface area contributed by atoms with E-state index in [1.807, 2.05) is 13.0 Å². The number of benzene rings is 1. The molecule has 0 bridgehead atoms. The van der Waals surface area contributed by atoms with Crippen molar-refractivity contribution in [3.05, 3.63) is 23.3 Å². The minimum Gasteiger partial charge on any atom is -0.504 e. The molecule has 2 fully saturated rings. The summed E-state index contributed by atoms with van der Waals surface area (Å²) in [6, 6.07) is 3.73. The fourth-order valence-electron chi connectivity index (χ4n) is 6.45. The maximum atomic E-state index is 11.8. The normalized spacial score (nSPS) is 36.6. The van der Waals surface area contributed by atoms with E-state index in [-0.39, 0.29) is 29.2 Å². The van der Waals surface area contributed by atoms with Crippen molar-refractivity contribution in [1.82, 2.24) is 5.32 Å². The van der Waals surface area contributed by atoms with Crippen LogP contribution in [0.5, 0.6) is 11.5 Å². The van der Waals surface area contributed by atoms with Crippen LogP contribution < -0.4 is 10.1 Å². The summed E-state index contributed by atoms with van der Waals surface area (Å²) in [5.41, 5.74) is 2.26. The number of phenolic OH excluding ortho intramolecular Hbond substituents is 1. The van der Waals surface area contributed by atoms with Gasteiger partial charge in [-0.1, -0.05) is 6.92 Å². The largest absolute Gasteiger partial charge is 0.504 e. The van der Waals surface area contributed by atoms with Crippen LogP contribution in [0.3, 0.4) is 0 Å². The second-order valence-electron chi connectivity index (χ2n) is 9.23. The van der Waals surface area contributed by atoms with Crippen LogP contribution in [-0.2, 0) is 4.79 Å². The first-order chi connectivity index (χ1) is 13.3. The lowest BCUT2D eigenvalue weighted by atomic mass is 9.58. The molecule has 1 aromatic carbocycles. The molecule has 1 amide bonds. The number of fused-ring (bicyclic) bond motifs is 5.